The quantitative estimate of drug-likeness (QED) is 0.350. The predicted molar refractivity (Wildman–Crippen MR) is 159 cm³/mol. The van der Waals surface area contributed by atoms with Crippen molar-refractivity contribution in [2.75, 3.05) is 30.4 Å². The van der Waals surface area contributed by atoms with Crippen molar-refractivity contribution in [1.82, 2.24) is 5.32 Å². The fourth-order valence-corrected chi connectivity index (χ4v) is 9.18. The molecule has 0 aromatic heterocycles. The number of nitrogens with one attached hydrogen (secondary N) is 1. The van der Waals surface area contributed by atoms with Gasteiger partial charge in [-0.15, -0.1) is 0 Å². The zero-order chi connectivity index (χ0) is 28.5. The first kappa shape index (κ1) is 32.0. The maximum Gasteiger partial charge on any atom is 0.338 e. The minimum Gasteiger partial charge on any atom is -0.478 e. The van der Waals surface area contributed by atoms with Crippen molar-refractivity contribution in [1.29, 1.82) is 0 Å². The highest BCUT2D eigenvalue weighted by Gasteiger charge is 2.37. The second-order valence-corrected chi connectivity index (χ2v) is 12.0. The third-order valence-electron chi connectivity index (χ3n) is 4.98. The smallest absolute Gasteiger partial charge is 0.338 e. The molecule has 0 bridgehead atoms. The second kappa shape index (κ2) is 12.8. The van der Waals surface area contributed by atoms with Gasteiger partial charge in [-0.1, -0.05) is 0 Å². The lowest BCUT2D eigenvalue weighted by atomic mass is 10.1. The van der Waals surface area contributed by atoms with E-state index >= 15 is 0 Å². The lowest BCUT2D eigenvalue weighted by Gasteiger charge is -2.28. The van der Waals surface area contributed by atoms with E-state index in [0.29, 0.717) is 15.1 Å². The van der Waals surface area contributed by atoms with E-state index in [2.05, 4.69) is 101 Å². The van der Waals surface area contributed by atoms with E-state index in [1.807, 2.05) is 0 Å². The molecule has 0 unspecified atom stereocenters. The van der Waals surface area contributed by atoms with Gasteiger partial charge in [-0.2, -0.15) is 0 Å². The van der Waals surface area contributed by atoms with Crippen molar-refractivity contribution in [2.45, 2.75) is 6.92 Å². The third-order valence-corrected chi connectivity index (χ3v) is 9.32. The zero-order valence-electron chi connectivity index (χ0n) is 19.0. The number of amides is 4. The first-order valence-electron chi connectivity index (χ1n) is 9.78. The van der Waals surface area contributed by atoms with Gasteiger partial charge in [-0.05, 0) is 102 Å². The van der Waals surface area contributed by atoms with Gasteiger partial charge in [0.1, 0.15) is 0 Å². The summed E-state index contributed by atoms with van der Waals surface area (Å²) in [7, 11) is 2.83. The monoisotopic (exact) mass is 894 g/mol. The molecule has 0 radical (unpaired) electrons. The standard InChI is InChI=1S/C21H16Br6N4O6/c1-6(32)30(3)17-8(23)4-7(22)10(14(17)25)20(35)31(9(33)5-28)18-15(26)11(19(34)29-2)13(24)12(16(18)27)21(36)37/h4H,5,28H2,1-3H3,(H,29,34)(H,36,37). The summed E-state index contributed by atoms with van der Waals surface area (Å²) in [5.74, 6) is -4.31. The first-order chi connectivity index (χ1) is 17.1. The van der Waals surface area contributed by atoms with Gasteiger partial charge in [0.05, 0.1) is 48.0 Å². The Morgan fingerprint density at radius 1 is 0.865 bits per heavy atom. The number of imide groups is 1. The van der Waals surface area contributed by atoms with Crippen molar-refractivity contribution in [3.63, 3.8) is 0 Å². The lowest BCUT2D eigenvalue weighted by Crippen LogP contribution is -2.42. The van der Waals surface area contributed by atoms with Crippen LogP contribution in [-0.4, -0.2) is 55.3 Å². The van der Waals surface area contributed by atoms with Gasteiger partial charge in [-0.25, -0.2) is 9.69 Å². The maximum atomic E-state index is 14.0. The lowest BCUT2D eigenvalue weighted by molar-refractivity contribution is -0.117. The molecule has 2 rings (SSSR count). The van der Waals surface area contributed by atoms with Gasteiger partial charge < -0.3 is 21.1 Å². The first-order valence-corrected chi connectivity index (χ1v) is 14.5. The van der Waals surface area contributed by atoms with E-state index in [4.69, 9.17) is 5.73 Å². The van der Waals surface area contributed by atoms with E-state index in [1.165, 1.54) is 32.0 Å². The van der Waals surface area contributed by atoms with E-state index in [1.54, 1.807) is 0 Å². The number of benzene rings is 2. The fourth-order valence-electron chi connectivity index (χ4n) is 3.14. The van der Waals surface area contributed by atoms with Crippen molar-refractivity contribution in [3.8, 4) is 0 Å². The van der Waals surface area contributed by atoms with Crippen LogP contribution < -0.4 is 20.9 Å². The molecule has 4 N–H and O–H groups in total. The Morgan fingerprint density at radius 3 is 1.84 bits per heavy atom. The molecular formula is C21H16Br6N4O6. The highest BCUT2D eigenvalue weighted by Crippen LogP contribution is 2.46. The van der Waals surface area contributed by atoms with E-state index in [0.717, 1.165) is 0 Å². The van der Waals surface area contributed by atoms with Gasteiger partial charge in [0, 0.05) is 34.4 Å². The summed E-state index contributed by atoms with van der Waals surface area (Å²) in [6.45, 7) is 0.695. The van der Waals surface area contributed by atoms with Gasteiger partial charge in [-0.3, -0.25) is 19.2 Å². The molecule has 0 atom stereocenters. The highest BCUT2D eigenvalue weighted by atomic mass is 79.9. The summed E-state index contributed by atoms with van der Waals surface area (Å²) in [4.78, 5) is 66.0. The SMILES string of the molecule is CNC(=O)c1c(Br)c(C(=O)O)c(Br)c(N(C(=O)CN)C(=O)c2c(Br)cc(Br)c(N(C)C(C)=O)c2Br)c1Br. The predicted octanol–water partition coefficient (Wildman–Crippen LogP) is 5.43. The maximum absolute atomic E-state index is 14.0. The van der Waals surface area contributed by atoms with Crippen LogP contribution in [0.2, 0.25) is 0 Å². The summed E-state index contributed by atoms with van der Waals surface area (Å²) in [6, 6.07) is 1.52. The topological polar surface area (TPSA) is 150 Å². The average Bonchev–Trinajstić information content (AvgIpc) is 2.80. The molecule has 0 spiro atoms. The normalized spacial score (nSPS) is 10.6. The number of halogens is 6. The second-order valence-electron chi connectivity index (χ2n) is 7.12. The number of hydrogen-bond acceptors (Lipinski definition) is 6. The molecule has 198 valence electrons. The highest BCUT2D eigenvalue weighted by molar-refractivity contribution is 9.12. The molecule has 37 heavy (non-hydrogen) atoms. The molecule has 0 fully saturated rings. The van der Waals surface area contributed by atoms with E-state index in [9.17, 15) is 29.1 Å². The van der Waals surface area contributed by atoms with Crippen LogP contribution in [0.3, 0.4) is 0 Å². The van der Waals surface area contributed by atoms with Crippen molar-refractivity contribution in [2.24, 2.45) is 5.73 Å². The average molecular weight is 900 g/mol. The molecule has 0 aliphatic carbocycles. The molecule has 0 saturated carbocycles. The van der Waals surface area contributed by atoms with Crippen LogP contribution in [0.5, 0.6) is 0 Å². The number of carbonyl (C=O) groups is 5. The van der Waals surface area contributed by atoms with Crippen LogP contribution in [0.15, 0.2) is 32.9 Å². The van der Waals surface area contributed by atoms with Crippen LogP contribution in [0, 0.1) is 0 Å². The summed E-state index contributed by atoms with van der Waals surface area (Å²) in [5.41, 5.74) is 5.01. The van der Waals surface area contributed by atoms with Gasteiger partial charge in [0.15, 0.2) is 0 Å². The van der Waals surface area contributed by atoms with E-state index < -0.39 is 35.8 Å². The van der Waals surface area contributed by atoms with Gasteiger partial charge in [0.2, 0.25) is 11.8 Å². The summed E-state index contributed by atoms with van der Waals surface area (Å²) < 4.78 is 0.522. The van der Waals surface area contributed by atoms with Gasteiger partial charge >= 0.3 is 5.97 Å². The Labute approximate surface area is 261 Å². The summed E-state index contributed by atoms with van der Waals surface area (Å²) >= 11 is 19.7. The number of carboxylic acids is 1. The number of nitrogens with zero attached hydrogens (tertiary/aromatic N) is 2. The number of nitrogens with two attached hydrogens (primary N) is 1. The van der Waals surface area contributed by atoms with Crippen molar-refractivity contribution < 1.29 is 29.1 Å². The largest absolute Gasteiger partial charge is 0.478 e. The van der Waals surface area contributed by atoms with Crippen molar-refractivity contribution >= 4 is 137 Å². The fraction of sp³-hybridized carbons (Fsp3) is 0.190. The minimum atomic E-state index is -1.44. The number of aromatic carboxylic acids is 1. The zero-order valence-corrected chi connectivity index (χ0v) is 28.5. The Balaban J connectivity index is 3.04. The van der Waals surface area contributed by atoms with Crippen LogP contribution in [0.1, 0.15) is 38.0 Å². The number of hydrogen-bond donors (Lipinski definition) is 3. The van der Waals surface area contributed by atoms with Crippen molar-refractivity contribution in [3.05, 3.63) is 49.6 Å². The van der Waals surface area contributed by atoms with Crippen LogP contribution in [0.4, 0.5) is 11.4 Å². The molecule has 10 nitrogen and oxygen atoms in total. The summed E-state index contributed by atoms with van der Waals surface area (Å²) in [6.07, 6.45) is 0. The van der Waals surface area contributed by atoms with Gasteiger partial charge in [0.25, 0.3) is 11.8 Å². The van der Waals surface area contributed by atoms with Crippen LogP contribution in [0.25, 0.3) is 0 Å². The number of rotatable bonds is 6. The Kier molecular flexibility index (Phi) is 11.1. The molecule has 16 heteroatoms. The van der Waals surface area contributed by atoms with Crippen LogP contribution in [-0.2, 0) is 9.59 Å². The molecule has 0 saturated heterocycles. The molecule has 4 amide bonds. The third kappa shape index (κ3) is 6.04. The molecular weight excluding hydrogens is 884 g/mol. The molecule has 0 aliphatic rings. The Morgan fingerprint density at radius 2 is 1.38 bits per heavy atom. The van der Waals surface area contributed by atoms with Crippen LogP contribution >= 0.6 is 95.6 Å². The number of anilines is 2. The number of carbonyl (C=O) groups excluding carboxylic acids is 4. The van der Waals surface area contributed by atoms with E-state index in [-0.39, 0.29) is 45.1 Å². The Bertz CT molecular complexity index is 1370. The molecule has 0 aliphatic heterocycles. The number of carboxylic acid groups (broad SMARTS) is 1. The Hall–Kier alpha value is -1.17. The molecule has 2 aromatic carbocycles. The minimum absolute atomic E-state index is 0.0591. The molecule has 2 aromatic rings. The summed E-state index contributed by atoms with van der Waals surface area (Å²) in [5, 5.41) is 12.3. The molecule has 0 heterocycles.